The van der Waals surface area contributed by atoms with Crippen LogP contribution in [-0.4, -0.2) is 45.6 Å². The summed E-state index contributed by atoms with van der Waals surface area (Å²) in [6, 6.07) is 3.20. The Balaban J connectivity index is 0.000001000. The molecule has 1 aromatic heterocycles. The van der Waals surface area contributed by atoms with E-state index in [1.165, 1.54) is 12.3 Å². The molecule has 0 saturated carbocycles. The van der Waals surface area contributed by atoms with E-state index in [4.69, 9.17) is 5.11 Å². The molecular weight excluding hydrogens is 153 g/mol. The monoisotopic (exact) mass is 161 g/mol. The van der Waals surface area contributed by atoms with Crippen molar-refractivity contribution in [3.8, 4) is 0 Å². The van der Waals surface area contributed by atoms with Crippen LogP contribution in [0.4, 0.5) is 0 Å². The Bertz CT molecular complexity index is 245. The van der Waals surface area contributed by atoms with Gasteiger partial charge in [0, 0.05) is 6.20 Å². The number of rotatable bonds is 1. The Hall–Kier alpha value is -0.380. The van der Waals surface area contributed by atoms with Gasteiger partial charge in [-0.1, -0.05) is 6.07 Å². The molecule has 0 bridgehead atoms. The number of carbonyl (C=O) groups is 1. The zero-order chi connectivity index (χ0) is 7.56. The third-order valence-electron chi connectivity index (χ3n) is 1.13. The summed E-state index contributed by atoms with van der Waals surface area (Å²) >= 11 is 0. The van der Waals surface area contributed by atoms with E-state index < -0.39 is 5.97 Å². The van der Waals surface area contributed by atoms with E-state index in [-0.39, 0.29) is 35.3 Å². The van der Waals surface area contributed by atoms with Crippen LogP contribution in [-0.2, 0) is 0 Å². The topological polar surface area (TPSA) is 50.2 Å². The molecule has 0 aromatic carbocycles. The van der Waals surface area contributed by atoms with Crippen LogP contribution in [0.25, 0.3) is 0 Å². The molecule has 11 heavy (non-hydrogen) atoms. The van der Waals surface area contributed by atoms with Crippen molar-refractivity contribution < 1.29 is 9.90 Å². The second-order valence-electron chi connectivity index (χ2n) is 2.03. The molecule has 0 aliphatic heterocycles. The fourth-order valence-electron chi connectivity index (χ4n) is 0.594. The third-order valence-corrected chi connectivity index (χ3v) is 1.13. The Morgan fingerprint density at radius 2 is 2.18 bits per heavy atom. The molecule has 3 nitrogen and oxygen atoms in total. The first-order valence-corrected chi connectivity index (χ1v) is 2.86. The van der Waals surface area contributed by atoms with Crippen molar-refractivity contribution in [3.63, 3.8) is 0 Å². The Morgan fingerprint density at radius 1 is 1.55 bits per heavy atom. The normalized spacial score (nSPS) is 8.45. The van der Waals surface area contributed by atoms with Crippen molar-refractivity contribution in [1.29, 1.82) is 0 Å². The van der Waals surface area contributed by atoms with Gasteiger partial charge in [0.05, 0.1) is 0 Å². The van der Waals surface area contributed by atoms with Crippen molar-refractivity contribution in [2.24, 2.45) is 0 Å². The van der Waals surface area contributed by atoms with Crippen molar-refractivity contribution in [1.82, 2.24) is 4.98 Å². The van der Waals surface area contributed by atoms with Crippen LogP contribution in [0.3, 0.4) is 0 Å². The molecule has 0 atom stereocenters. The first-order chi connectivity index (χ1) is 4.70. The molecule has 0 fully saturated rings. The van der Waals surface area contributed by atoms with E-state index in [2.05, 4.69) is 4.98 Å². The van der Waals surface area contributed by atoms with Crippen LogP contribution in [0.5, 0.6) is 0 Å². The summed E-state index contributed by atoms with van der Waals surface area (Å²) < 4.78 is 0. The van der Waals surface area contributed by atoms with Crippen LogP contribution in [0.15, 0.2) is 18.3 Å². The minimum absolute atomic E-state index is 0. The fourth-order valence-corrected chi connectivity index (χ4v) is 0.594. The van der Waals surface area contributed by atoms with Crippen LogP contribution in [0.1, 0.15) is 16.1 Å². The van der Waals surface area contributed by atoms with Crippen molar-refractivity contribution >= 4 is 35.5 Å². The average Bonchev–Trinajstić information content (AvgIpc) is 1.88. The molecule has 4 heteroatoms. The van der Waals surface area contributed by atoms with E-state index in [0.717, 1.165) is 5.56 Å². The molecule has 1 rings (SSSR count). The van der Waals surface area contributed by atoms with Gasteiger partial charge >= 0.3 is 35.5 Å². The predicted molar refractivity (Wildman–Crippen MR) is 43.1 cm³/mol. The summed E-state index contributed by atoms with van der Waals surface area (Å²) in [6.45, 7) is 1.86. The van der Waals surface area contributed by atoms with E-state index in [0.29, 0.717) is 0 Å². The van der Waals surface area contributed by atoms with Gasteiger partial charge in [-0.05, 0) is 18.6 Å². The average molecular weight is 161 g/mol. The number of nitrogens with zero attached hydrogens (tertiary/aromatic N) is 1. The molecule has 0 saturated heterocycles. The van der Waals surface area contributed by atoms with E-state index >= 15 is 0 Å². The molecule has 54 valence electrons. The summed E-state index contributed by atoms with van der Waals surface area (Å²) in [5.74, 6) is -0.986. The van der Waals surface area contributed by atoms with Crippen LogP contribution in [0.2, 0.25) is 0 Å². The van der Waals surface area contributed by atoms with Gasteiger partial charge in [0.15, 0.2) is 0 Å². The van der Waals surface area contributed by atoms with Gasteiger partial charge in [0.1, 0.15) is 5.69 Å². The van der Waals surface area contributed by atoms with E-state index in [9.17, 15) is 4.79 Å². The Labute approximate surface area is 86.8 Å². The number of pyridine rings is 1. The molecule has 0 radical (unpaired) electrons. The molecule has 0 aliphatic carbocycles. The number of carboxylic acid groups (broad SMARTS) is 1. The number of aromatic nitrogens is 1. The van der Waals surface area contributed by atoms with Crippen LogP contribution in [0, 0.1) is 6.92 Å². The minimum atomic E-state index is -0.986. The molecule has 0 aliphatic rings. The van der Waals surface area contributed by atoms with Crippen LogP contribution >= 0.6 is 0 Å². The number of carboxylic acids is 1. The number of hydrogen-bond acceptors (Lipinski definition) is 2. The van der Waals surface area contributed by atoms with Gasteiger partial charge in [-0.2, -0.15) is 0 Å². The van der Waals surface area contributed by atoms with Gasteiger partial charge < -0.3 is 5.11 Å². The molecule has 1 heterocycles. The summed E-state index contributed by atoms with van der Waals surface area (Å²) in [7, 11) is 0. The molecule has 0 unspecified atom stereocenters. The van der Waals surface area contributed by atoms with Gasteiger partial charge in [0.25, 0.3) is 0 Å². The maximum atomic E-state index is 10.2. The second kappa shape index (κ2) is 4.49. The molecule has 0 amide bonds. The third kappa shape index (κ3) is 3.01. The van der Waals surface area contributed by atoms with Crippen molar-refractivity contribution in [2.75, 3.05) is 0 Å². The second-order valence-corrected chi connectivity index (χ2v) is 2.03. The Morgan fingerprint density at radius 3 is 2.55 bits per heavy atom. The van der Waals surface area contributed by atoms with Gasteiger partial charge in [-0.15, -0.1) is 0 Å². The predicted octanol–water partition coefficient (Wildman–Crippen LogP) is 0.440. The maximum absolute atomic E-state index is 10.2. The standard InChI is InChI=1S/C7H7NO2.Na.H/c1-5-2-3-6(7(9)10)8-4-5;;/h2-4H,1H3,(H,9,10);;. The van der Waals surface area contributed by atoms with Gasteiger partial charge in [-0.25, -0.2) is 9.78 Å². The molecule has 1 aromatic rings. The number of aromatic carboxylic acids is 1. The van der Waals surface area contributed by atoms with Crippen LogP contribution < -0.4 is 0 Å². The first kappa shape index (κ1) is 10.6. The zero-order valence-corrected chi connectivity index (χ0v) is 5.53. The first-order valence-electron chi connectivity index (χ1n) is 2.86. The number of hydrogen-bond donors (Lipinski definition) is 1. The number of aryl methyl sites for hydroxylation is 1. The van der Waals surface area contributed by atoms with E-state index in [1.807, 2.05) is 6.92 Å². The SMILES string of the molecule is Cc1ccc(C(=O)O)nc1.[NaH]. The molecule has 0 spiro atoms. The summed E-state index contributed by atoms with van der Waals surface area (Å²) in [6.07, 6.45) is 1.53. The molecular formula is C7H8NNaO2. The summed E-state index contributed by atoms with van der Waals surface area (Å²) in [4.78, 5) is 13.9. The fraction of sp³-hybridized carbons (Fsp3) is 0.143. The van der Waals surface area contributed by atoms with E-state index in [1.54, 1.807) is 6.07 Å². The van der Waals surface area contributed by atoms with Crippen molar-refractivity contribution in [2.45, 2.75) is 6.92 Å². The van der Waals surface area contributed by atoms with Crippen molar-refractivity contribution in [3.05, 3.63) is 29.6 Å². The molecule has 1 N–H and O–H groups in total. The Kier molecular flexibility index (Phi) is 4.33. The van der Waals surface area contributed by atoms with Gasteiger partial charge in [-0.3, -0.25) is 0 Å². The van der Waals surface area contributed by atoms with Gasteiger partial charge in [0.2, 0.25) is 0 Å². The quantitative estimate of drug-likeness (QED) is 0.608. The zero-order valence-electron chi connectivity index (χ0n) is 5.53. The summed E-state index contributed by atoms with van der Waals surface area (Å²) in [5, 5.41) is 8.41. The summed E-state index contributed by atoms with van der Waals surface area (Å²) in [5.41, 5.74) is 1.05.